The van der Waals surface area contributed by atoms with Crippen LogP contribution >= 0.6 is 0 Å². The summed E-state index contributed by atoms with van der Waals surface area (Å²) in [6.07, 6.45) is 11.5. The molecule has 0 aliphatic heterocycles. The van der Waals surface area contributed by atoms with Crippen molar-refractivity contribution in [3.8, 4) is 0 Å². The number of hydrogen-bond acceptors (Lipinski definition) is 3. The Morgan fingerprint density at radius 3 is 1.56 bits per heavy atom. The van der Waals surface area contributed by atoms with Crippen molar-refractivity contribution in [2.45, 2.75) is 89.8 Å². The van der Waals surface area contributed by atoms with Crippen LogP contribution in [-0.4, -0.2) is 34.1 Å². The molecule has 0 aromatic heterocycles. The molecule has 0 saturated carbocycles. The van der Waals surface area contributed by atoms with Gasteiger partial charge in [0.05, 0.1) is 12.7 Å². The minimum Gasteiger partial charge on any atom is -0.394 e. The Hall–Kier alpha value is -0.120. The molecule has 3 heteroatoms. The quantitative estimate of drug-likeness (QED) is 0.446. The van der Waals surface area contributed by atoms with Crippen LogP contribution < -0.4 is 0 Å². The first-order valence-corrected chi connectivity index (χ1v) is 7.69. The number of rotatable bonds is 13. The third kappa shape index (κ3) is 11.0. The minimum absolute atomic E-state index is 0.348. The molecule has 0 heterocycles. The summed E-state index contributed by atoms with van der Waals surface area (Å²) in [6, 6.07) is 0. The lowest BCUT2D eigenvalue weighted by molar-refractivity contribution is -0.0185. The first-order chi connectivity index (χ1) is 8.72. The topological polar surface area (TPSA) is 60.7 Å². The summed E-state index contributed by atoms with van der Waals surface area (Å²) in [4.78, 5) is 0. The zero-order valence-corrected chi connectivity index (χ0v) is 12.0. The highest BCUT2D eigenvalue weighted by Gasteiger charge is 2.13. The molecule has 0 aliphatic rings. The summed E-state index contributed by atoms with van der Waals surface area (Å²) in [5, 5.41) is 27.3. The summed E-state index contributed by atoms with van der Waals surface area (Å²) in [5.74, 6) is 0. The highest BCUT2D eigenvalue weighted by molar-refractivity contribution is 4.65. The maximum atomic E-state index is 9.43. The predicted molar refractivity (Wildman–Crippen MR) is 75.6 cm³/mol. The fourth-order valence-corrected chi connectivity index (χ4v) is 2.15. The van der Waals surface area contributed by atoms with Gasteiger partial charge in [-0.05, 0) is 6.42 Å². The van der Waals surface area contributed by atoms with Crippen molar-refractivity contribution in [1.29, 1.82) is 0 Å². The van der Waals surface area contributed by atoms with Crippen LogP contribution in [0.4, 0.5) is 0 Å². The van der Waals surface area contributed by atoms with Gasteiger partial charge < -0.3 is 15.3 Å². The van der Waals surface area contributed by atoms with Crippen LogP contribution in [0.5, 0.6) is 0 Å². The fraction of sp³-hybridized carbons (Fsp3) is 1.00. The van der Waals surface area contributed by atoms with Gasteiger partial charge in [-0.3, -0.25) is 0 Å². The van der Waals surface area contributed by atoms with Crippen molar-refractivity contribution in [1.82, 2.24) is 0 Å². The van der Waals surface area contributed by atoms with Gasteiger partial charge in [-0.2, -0.15) is 0 Å². The van der Waals surface area contributed by atoms with Crippen molar-refractivity contribution >= 4 is 0 Å². The van der Waals surface area contributed by atoms with Gasteiger partial charge in [0.1, 0.15) is 6.10 Å². The van der Waals surface area contributed by atoms with Gasteiger partial charge in [0.25, 0.3) is 0 Å². The Bertz CT molecular complexity index is 162. The molecule has 3 nitrogen and oxygen atoms in total. The lowest BCUT2D eigenvalue weighted by Gasteiger charge is -2.14. The number of aliphatic hydroxyl groups is 3. The minimum atomic E-state index is -0.969. The van der Waals surface area contributed by atoms with Gasteiger partial charge in [-0.15, -0.1) is 0 Å². The zero-order chi connectivity index (χ0) is 13.6. The monoisotopic (exact) mass is 260 g/mol. The molecule has 2 atom stereocenters. The Labute approximate surface area is 112 Å². The average molecular weight is 260 g/mol. The number of unbranched alkanes of at least 4 members (excludes halogenated alkanes) is 9. The van der Waals surface area contributed by atoms with Gasteiger partial charge in [-0.1, -0.05) is 71.1 Å². The molecule has 18 heavy (non-hydrogen) atoms. The van der Waals surface area contributed by atoms with Gasteiger partial charge in [0.2, 0.25) is 0 Å². The highest BCUT2D eigenvalue weighted by atomic mass is 16.4. The van der Waals surface area contributed by atoms with E-state index in [1.54, 1.807) is 0 Å². The van der Waals surface area contributed by atoms with Crippen LogP contribution in [0.2, 0.25) is 0 Å². The van der Waals surface area contributed by atoms with Crippen molar-refractivity contribution in [3.63, 3.8) is 0 Å². The van der Waals surface area contributed by atoms with E-state index >= 15 is 0 Å². The standard InChI is InChI=1S/C15H32O3/c1-2-3-4-5-6-7-8-9-10-11-12-14(17)15(18)13-16/h14-18H,2-13H2,1H3/t14-,15+/m1/s1. The van der Waals surface area contributed by atoms with E-state index in [-0.39, 0.29) is 6.61 Å². The first kappa shape index (κ1) is 17.9. The summed E-state index contributed by atoms with van der Waals surface area (Å²) < 4.78 is 0. The normalized spacial score (nSPS) is 14.7. The Kier molecular flexibility index (Phi) is 13.2. The second-order valence-corrected chi connectivity index (χ2v) is 5.29. The van der Waals surface area contributed by atoms with E-state index in [1.807, 2.05) is 0 Å². The van der Waals surface area contributed by atoms with Gasteiger partial charge in [-0.25, -0.2) is 0 Å². The van der Waals surface area contributed by atoms with E-state index in [9.17, 15) is 5.11 Å². The molecule has 0 saturated heterocycles. The highest BCUT2D eigenvalue weighted by Crippen LogP contribution is 2.12. The Morgan fingerprint density at radius 2 is 1.11 bits per heavy atom. The molecule has 0 aromatic carbocycles. The van der Waals surface area contributed by atoms with Crippen LogP contribution in [0, 0.1) is 0 Å². The smallest absolute Gasteiger partial charge is 0.103 e. The number of aliphatic hydroxyl groups excluding tert-OH is 3. The van der Waals surface area contributed by atoms with E-state index in [1.165, 1.54) is 51.4 Å². The molecule has 0 fully saturated rings. The third-order valence-electron chi connectivity index (χ3n) is 3.48. The second kappa shape index (κ2) is 13.3. The van der Waals surface area contributed by atoms with Crippen LogP contribution in [0.15, 0.2) is 0 Å². The van der Waals surface area contributed by atoms with E-state index < -0.39 is 12.2 Å². The summed E-state index contributed by atoms with van der Waals surface area (Å²) in [7, 11) is 0. The van der Waals surface area contributed by atoms with Gasteiger partial charge in [0.15, 0.2) is 0 Å². The molecule has 110 valence electrons. The summed E-state index contributed by atoms with van der Waals surface area (Å²) in [5.41, 5.74) is 0. The molecule has 0 radical (unpaired) electrons. The van der Waals surface area contributed by atoms with Crippen molar-refractivity contribution in [3.05, 3.63) is 0 Å². The molecule has 0 aromatic rings. The van der Waals surface area contributed by atoms with Gasteiger partial charge >= 0.3 is 0 Å². The second-order valence-electron chi connectivity index (χ2n) is 5.29. The molecular formula is C15H32O3. The van der Waals surface area contributed by atoms with Crippen molar-refractivity contribution < 1.29 is 15.3 Å². The average Bonchev–Trinajstić information content (AvgIpc) is 2.39. The molecule has 0 bridgehead atoms. The first-order valence-electron chi connectivity index (χ1n) is 7.69. The zero-order valence-electron chi connectivity index (χ0n) is 12.0. The predicted octanol–water partition coefficient (Wildman–Crippen LogP) is 3.01. The lowest BCUT2D eigenvalue weighted by atomic mass is 10.0. The van der Waals surface area contributed by atoms with E-state index in [2.05, 4.69) is 6.92 Å². The van der Waals surface area contributed by atoms with Crippen molar-refractivity contribution in [2.24, 2.45) is 0 Å². The molecule has 0 unspecified atom stereocenters. The van der Waals surface area contributed by atoms with E-state index in [0.717, 1.165) is 12.8 Å². The lowest BCUT2D eigenvalue weighted by Crippen LogP contribution is -2.28. The van der Waals surface area contributed by atoms with Crippen LogP contribution in [-0.2, 0) is 0 Å². The summed E-state index contributed by atoms with van der Waals surface area (Å²) in [6.45, 7) is 1.89. The van der Waals surface area contributed by atoms with E-state index in [4.69, 9.17) is 10.2 Å². The molecule has 0 spiro atoms. The Morgan fingerprint density at radius 1 is 0.667 bits per heavy atom. The Balaban J connectivity index is 3.11. The molecular weight excluding hydrogens is 228 g/mol. The SMILES string of the molecule is CCCCCCCCCCCC[C@@H](O)[C@@H](O)CO. The maximum absolute atomic E-state index is 9.43. The molecule has 0 aliphatic carbocycles. The summed E-state index contributed by atoms with van der Waals surface area (Å²) >= 11 is 0. The third-order valence-corrected chi connectivity index (χ3v) is 3.48. The van der Waals surface area contributed by atoms with Crippen LogP contribution in [0.3, 0.4) is 0 Å². The number of hydrogen-bond donors (Lipinski definition) is 3. The molecule has 0 rings (SSSR count). The molecule has 3 N–H and O–H groups in total. The van der Waals surface area contributed by atoms with Gasteiger partial charge in [0, 0.05) is 0 Å². The van der Waals surface area contributed by atoms with Crippen LogP contribution in [0.25, 0.3) is 0 Å². The largest absolute Gasteiger partial charge is 0.394 e. The van der Waals surface area contributed by atoms with E-state index in [0.29, 0.717) is 6.42 Å². The van der Waals surface area contributed by atoms with Crippen molar-refractivity contribution in [2.75, 3.05) is 6.61 Å². The van der Waals surface area contributed by atoms with Crippen LogP contribution in [0.1, 0.15) is 77.6 Å². The maximum Gasteiger partial charge on any atom is 0.103 e. The fourth-order valence-electron chi connectivity index (χ4n) is 2.15. The molecule has 0 amide bonds.